The molecule has 0 fully saturated rings. The molecule has 0 saturated heterocycles. The van der Waals surface area contributed by atoms with Gasteiger partial charge in [0.25, 0.3) is 0 Å². The number of nitrogens with zero attached hydrogens (tertiary/aromatic N) is 1. The molecule has 0 amide bonds. The summed E-state index contributed by atoms with van der Waals surface area (Å²) in [5, 5.41) is 8.71. The molecule has 1 rings (SSSR count). The highest BCUT2D eigenvalue weighted by Crippen LogP contribution is 2.22. The number of hydrogen-bond donors (Lipinski definition) is 2. The molecule has 3 N–H and O–H groups in total. The number of nitrogens with two attached hydrogens (primary N) is 1. The maximum atomic E-state index is 10.6. The van der Waals surface area contributed by atoms with Crippen molar-refractivity contribution in [1.29, 1.82) is 0 Å². The van der Waals surface area contributed by atoms with E-state index in [0.717, 1.165) is 15.7 Å². The Balaban J connectivity index is 2.81. The van der Waals surface area contributed by atoms with E-state index in [1.165, 1.54) is 0 Å². The number of carbonyl (C=O) groups is 1. The lowest BCUT2D eigenvalue weighted by atomic mass is 10.2. The van der Waals surface area contributed by atoms with Crippen LogP contribution in [0.5, 0.6) is 0 Å². The molecule has 0 aliphatic carbocycles. The number of halogens is 1. The van der Waals surface area contributed by atoms with Gasteiger partial charge in [0.15, 0.2) is 0 Å². The Hall–Kier alpha value is -1.07. The summed E-state index contributed by atoms with van der Waals surface area (Å²) in [6, 6.07) is 5.96. The van der Waals surface area contributed by atoms with E-state index in [-0.39, 0.29) is 6.42 Å². The van der Waals surface area contributed by atoms with Crippen LogP contribution in [0.1, 0.15) is 12.0 Å². The van der Waals surface area contributed by atoms with Crippen LogP contribution >= 0.6 is 15.9 Å². The fourth-order valence-corrected chi connectivity index (χ4v) is 1.83. The minimum Gasteiger partial charge on any atom is -0.481 e. The summed E-state index contributed by atoms with van der Waals surface area (Å²) < 4.78 is 1.05. The van der Waals surface area contributed by atoms with Gasteiger partial charge >= 0.3 is 5.97 Å². The van der Waals surface area contributed by atoms with Crippen molar-refractivity contribution >= 4 is 27.6 Å². The summed E-state index contributed by atoms with van der Waals surface area (Å²) in [7, 11) is 0. The first-order valence-electron chi connectivity index (χ1n) is 5.47. The standard InChI is InChI=1S/C12H17BrN2O2/c1-9-8-10(2-3-11(9)13)15(7-5-14)6-4-12(16)17/h2-3,8H,4-7,14H2,1H3,(H,16,17). The van der Waals surface area contributed by atoms with E-state index in [2.05, 4.69) is 15.9 Å². The van der Waals surface area contributed by atoms with Crippen LogP contribution < -0.4 is 10.6 Å². The number of aliphatic carboxylic acids is 1. The van der Waals surface area contributed by atoms with E-state index in [0.29, 0.717) is 19.6 Å². The Morgan fingerprint density at radius 3 is 2.71 bits per heavy atom. The Kier molecular flexibility index (Phi) is 5.44. The van der Waals surface area contributed by atoms with Crippen LogP contribution in [-0.4, -0.2) is 30.7 Å². The molecule has 1 aromatic carbocycles. The number of anilines is 1. The monoisotopic (exact) mass is 300 g/mol. The normalized spacial score (nSPS) is 10.3. The zero-order valence-corrected chi connectivity index (χ0v) is 11.4. The van der Waals surface area contributed by atoms with Gasteiger partial charge in [0.1, 0.15) is 0 Å². The zero-order chi connectivity index (χ0) is 12.8. The third kappa shape index (κ3) is 4.36. The van der Waals surface area contributed by atoms with Gasteiger partial charge in [0, 0.05) is 29.8 Å². The molecule has 0 aliphatic rings. The second kappa shape index (κ2) is 6.61. The van der Waals surface area contributed by atoms with E-state index in [4.69, 9.17) is 10.8 Å². The molecule has 0 radical (unpaired) electrons. The van der Waals surface area contributed by atoms with Crippen molar-refractivity contribution in [2.45, 2.75) is 13.3 Å². The Morgan fingerprint density at radius 1 is 1.47 bits per heavy atom. The Morgan fingerprint density at radius 2 is 2.18 bits per heavy atom. The van der Waals surface area contributed by atoms with Crippen molar-refractivity contribution in [1.82, 2.24) is 0 Å². The van der Waals surface area contributed by atoms with Crippen molar-refractivity contribution < 1.29 is 9.90 Å². The van der Waals surface area contributed by atoms with Crippen LogP contribution in [0.15, 0.2) is 22.7 Å². The molecule has 4 nitrogen and oxygen atoms in total. The zero-order valence-electron chi connectivity index (χ0n) is 9.82. The lowest BCUT2D eigenvalue weighted by Crippen LogP contribution is -2.31. The molecule has 0 aromatic heterocycles. The first-order chi connectivity index (χ1) is 8.04. The summed E-state index contributed by atoms with van der Waals surface area (Å²) in [6.45, 7) is 3.65. The number of rotatable bonds is 6. The van der Waals surface area contributed by atoms with Crippen molar-refractivity contribution in [2.24, 2.45) is 5.73 Å². The maximum Gasteiger partial charge on any atom is 0.305 e. The summed E-state index contributed by atoms with van der Waals surface area (Å²) in [6.07, 6.45) is 0.120. The predicted octanol–water partition coefficient (Wildman–Crippen LogP) is 2.00. The molecule has 0 aliphatic heterocycles. The predicted molar refractivity (Wildman–Crippen MR) is 72.4 cm³/mol. The first kappa shape index (κ1) is 14.0. The Labute approximate surface area is 110 Å². The van der Waals surface area contributed by atoms with E-state index in [1.807, 2.05) is 30.0 Å². The first-order valence-corrected chi connectivity index (χ1v) is 6.27. The van der Waals surface area contributed by atoms with Gasteiger partial charge in [-0.15, -0.1) is 0 Å². The lowest BCUT2D eigenvalue weighted by molar-refractivity contribution is -0.136. The van der Waals surface area contributed by atoms with Crippen LogP contribution in [0.25, 0.3) is 0 Å². The largest absolute Gasteiger partial charge is 0.481 e. The van der Waals surface area contributed by atoms with Gasteiger partial charge in [0.2, 0.25) is 0 Å². The average Bonchev–Trinajstić information content (AvgIpc) is 2.28. The van der Waals surface area contributed by atoms with Crippen LogP contribution in [-0.2, 0) is 4.79 Å². The molecule has 0 bridgehead atoms. The SMILES string of the molecule is Cc1cc(N(CCN)CCC(=O)O)ccc1Br. The summed E-state index contributed by atoms with van der Waals surface area (Å²) in [5.74, 6) is -0.791. The quantitative estimate of drug-likeness (QED) is 0.843. The van der Waals surface area contributed by atoms with E-state index >= 15 is 0 Å². The highest BCUT2D eigenvalue weighted by molar-refractivity contribution is 9.10. The molecule has 17 heavy (non-hydrogen) atoms. The van der Waals surface area contributed by atoms with Crippen molar-refractivity contribution in [2.75, 3.05) is 24.5 Å². The molecule has 0 spiro atoms. The number of carboxylic acid groups (broad SMARTS) is 1. The van der Waals surface area contributed by atoms with Crippen LogP contribution in [0, 0.1) is 6.92 Å². The summed E-state index contributed by atoms with van der Waals surface area (Å²) in [4.78, 5) is 12.6. The number of carboxylic acids is 1. The van der Waals surface area contributed by atoms with Crippen LogP contribution in [0.4, 0.5) is 5.69 Å². The molecule has 0 saturated carbocycles. The summed E-state index contributed by atoms with van der Waals surface area (Å²) >= 11 is 3.44. The third-order valence-corrected chi connectivity index (χ3v) is 3.39. The van der Waals surface area contributed by atoms with Crippen molar-refractivity contribution in [3.63, 3.8) is 0 Å². The fraction of sp³-hybridized carbons (Fsp3) is 0.417. The maximum absolute atomic E-state index is 10.6. The number of hydrogen-bond acceptors (Lipinski definition) is 3. The van der Waals surface area contributed by atoms with E-state index in [1.54, 1.807) is 0 Å². The second-order valence-corrected chi connectivity index (χ2v) is 4.71. The smallest absolute Gasteiger partial charge is 0.305 e. The van der Waals surface area contributed by atoms with E-state index < -0.39 is 5.97 Å². The van der Waals surface area contributed by atoms with Gasteiger partial charge < -0.3 is 15.7 Å². The van der Waals surface area contributed by atoms with Crippen LogP contribution in [0.3, 0.4) is 0 Å². The van der Waals surface area contributed by atoms with Crippen molar-refractivity contribution in [3.8, 4) is 0 Å². The van der Waals surface area contributed by atoms with Gasteiger partial charge in [-0.3, -0.25) is 4.79 Å². The molecule has 1 aromatic rings. The highest BCUT2D eigenvalue weighted by atomic mass is 79.9. The van der Waals surface area contributed by atoms with Gasteiger partial charge in [-0.25, -0.2) is 0 Å². The molecule has 0 atom stereocenters. The van der Waals surface area contributed by atoms with Gasteiger partial charge in [-0.1, -0.05) is 15.9 Å². The molecule has 94 valence electrons. The molecule has 0 heterocycles. The average molecular weight is 301 g/mol. The van der Waals surface area contributed by atoms with Crippen LogP contribution in [0.2, 0.25) is 0 Å². The molecule has 5 heteroatoms. The van der Waals surface area contributed by atoms with Gasteiger partial charge in [0.05, 0.1) is 6.42 Å². The second-order valence-electron chi connectivity index (χ2n) is 3.85. The van der Waals surface area contributed by atoms with Gasteiger partial charge in [-0.2, -0.15) is 0 Å². The third-order valence-electron chi connectivity index (χ3n) is 2.50. The molecule has 0 unspecified atom stereocenters. The minimum absolute atomic E-state index is 0.120. The fourth-order valence-electron chi connectivity index (χ4n) is 1.58. The van der Waals surface area contributed by atoms with Crippen molar-refractivity contribution in [3.05, 3.63) is 28.2 Å². The highest BCUT2D eigenvalue weighted by Gasteiger charge is 2.08. The minimum atomic E-state index is -0.791. The topological polar surface area (TPSA) is 66.6 Å². The number of aryl methyl sites for hydroxylation is 1. The summed E-state index contributed by atoms with van der Waals surface area (Å²) in [5.41, 5.74) is 7.68. The Bertz CT molecular complexity index is 396. The van der Waals surface area contributed by atoms with E-state index in [9.17, 15) is 4.79 Å². The molecular weight excluding hydrogens is 284 g/mol. The van der Waals surface area contributed by atoms with Gasteiger partial charge in [-0.05, 0) is 30.7 Å². The molecular formula is C12H17BrN2O2. The number of benzene rings is 1. The lowest BCUT2D eigenvalue weighted by Gasteiger charge is -2.24.